The van der Waals surface area contributed by atoms with Crippen LogP contribution in [0.5, 0.6) is 0 Å². The summed E-state index contributed by atoms with van der Waals surface area (Å²) >= 11 is 0. The first-order valence-electron chi connectivity index (χ1n) is 6.20. The number of pyridine rings is 1. The summed E-state index contributed by atoms with van der Waals surface area (Å²) < 4.78 is 5.35. The Morgan fingerprint density at radius 3 is 2.84 bits per heavy atom. The van der Waals surface area contributed by atoms with Crippen LogP contribution >= 0.6 is 0 Å². The third-order valence-electron chi connectivity index (χ3n) is 3.39. The molecule has 0 bridgehead atoms. The molecule has 96 valence electrons. The van der Waals surface area contributed by atoms with Crippen molar-refractivity contribution < 1.29 is 4.74 Å². The fourth-order valence-corrected chi connectivity index (χ4v) is 2.31. The molecule has 1 aliphatic heterocycles. The first-order chi connectivity index (χ1) is 9.29. The molecular formula is C14H14N4O. The second-order valence-electron chi connectivity index (χ2n) is 4.50. The molecule has 0 atom stereocenters. The molecule has 1 fully saturated rings. The predicted molar refractivity (Wildman–Crippen MR) is 73.9 cm³/mol. The SMILES string of the molecule is N#Cc1cnc2ccc(N3CCOCC3)cc2c1N. The minimum absolute atomic E-state index is 0.423. The van der Waals surface area contributed by atoms with E-state index in [1.165, 1.54) is 6.20 Å². The topological polar surface area (TPSA) is 75.2 Å². The molecule has 1 aromatic heterocycles. The number of rotatable bonds is 1. The maximum atomic E-state index is 9.00. The summed E-state index contributed by atoms with van der Waals surface area (Å²) in [4.78, 5) is 6.50. The summed E-state index contributed by atoms with van der Waals surface area (Å²) in [5.74, 6) is 0. The number of hydrogen-bond donors (Lipinski definition) is 1. The normalized spacial score (nSPS) is 15.4. The van der Waals surface area contributed by atoms with Gasteiger partial charge in [-0.15, -0.1) is 0 Å². The third-order valence-corrected chi connectivity index (χ3v) is 3.39. The minimum atomic E-state index is 0.423. The van der Waals surface area contributed by atoms with E-state index in [-0.39, 0.29) is 0 Å². The molecule has 3 rings (SSSR count). The minimum Gasteiger partial charge on any atom is -0.397 e. The van der Waals surface area contributed by atoms with E-state index in [2.05, 4.69) is 16.0 Å². The van der Waals surface area contributed by atoms with E-state index in [0.29, 0.717) is 11.3 Å². The first kappa shape index (κ1) is 11.8. The number of hydrogen-bond acceptors (Lipinski definition) is 5. The Hall–Kier alpha value is -2.32. The number of ether oxygens (including phenoxy) is 1. The maximum absolute atomic E-state index is 9.00. The highest BCUT2D eigenvalue weighted by atomic mass is 16.5. The quantitative estimate of drug-likeness (QED) is 0.835. The number of nitrogen functional groups attached to an aromatic ring is 1. The lowest BCUT2D eigenvalue weighted by molar-refractivity contribution is 0.122. The Kier molecular flexibility index (Phi) is 2.94. The Bertz CT molecular complexity index is 656. The Morgan fingerprint density at radius 1 is 1.32 bits per heavy atom. The fourth-order valence-electron chi connectivity index (χ4n) is 2.31. The maximum Gasteiger partial charge on any atom is 0.103 e. The van der Waals surface area contributed by atoms with Crippen molar-refractivity contribution in [2.45, 2.75) is 0 Å². The standard InChI is InChI=1S/C14H14N4O/c15-8-10-9-17-13-2-1-11(7-12(13)14(10)16)18-3-5-19-6-4-18/h1-2,7,9H,3-6H2,(H2,16,17). The number of nitriles is 1. The van der Waals surface area contributed by atoms with Crippen LogP contribution in [0.1, 0.15) is 5.56 Å². The Balaban J connectivity index is 2.08. The van der Waals surface area contributed by atoms with E-state index < -0.39 is 0 Å². The second-order valence-corrected chi connectivity index (χ2v) is 4.50. The van der Waals surface area contributed by atoms with Crippen molar-refractivity contribution in [2.75, 3.05) is 36.9 Å². The average molecular weight is 254 g/mol. The van der Waals surface area contributed by atoms with Crippen LogP contribution in [0.4, 0.5) is 11.4 Å². The molecule has 19 heavy (non-hydrogen) atoms. The summed E-state index contributed by atoms with van der Waals surface area (Å²) in [6.45, 7) is 3.22. The van der Waals surface area contributed by atoms with Gasteiger partial charge in [-0.2, -0.15) is 5.26 Å². The Labute approximate surface area is 111 Å². The molecule has 5 nitrogen and oxygen atoms in total. The van der Waals surface area contributed by atoms with Crippen molar-refractivity contribution in [1.29, 1.82) is 5.26 Å². The Morgan fingerprint density at radius 2 is 2.11 bits per heavy atom. The van der Waals surface area contributed by atoms with Crippen LogP contribution in [0.15, 0.2) is 24.4 Å². The number of aromatic nitrogens is 1. The van der Waals surface area contributed by atoms with Gasteiger partial charge in [0.15, 0.2) is 0 Å². The molecule has 1 aromatic carbocycles. The highest BCUT2D eigenvalue weighted by molar-refractivity contribution is 5.94. The van der Waals surface area contributed by atoms with Crippen molar-refractivity contribution in [3.05, 3.63) is 30.0 Å². The molecule has 0 aliphatic carbocycles. The molecule has 0 saturated carbocycles. The molecule has 1 saturated heterocycles. The van der Waals surface area contributed by atoms with Gasteiger partial charge in [-0.05, 0) is 18.2 Å². The van der Waals surface area contributed by atoms with Crippen LogP contribution < -0.4 is 10.6 Å². The van der Waals surface area contributed by atoms with E-state index in [1.54, 1.807) is 0 Å². The van der Waals surface area contributed by atoms with Crippen LogP contribution in [0.2, 0.25) is 0 Å². The fraction of sp³-hybridized carbons (Fsp3) is 0.286. The number of morpholine rings is 1. The van der Waals surface area contributed by atoms with Crippen LogP contribution in [-0.2, 0) is 4.74 Å². The molecule has 0 unspecified atom stereocenters. The van der Waals surface area contributed by atoms with Crippen molar-refractivity contribution in [3.8, 4) is 6.07 Å². The molecule has 2 aromatic rings. The number of benzene rings is 1. The summed E-state index contributed by atoms with van der Waals surface area (Å²) in [6.07, 6.45) is 1.52. The molecule has 2 N–H and O–H groups in total. The lowest BCUT2D eigenvalue weighted by atomic mass is 10.1. The summed E-state index contributed by atoms with van der Waals surface area (Å²) in [5, 5.41) is 9.84. The first-order valence-corrected chi connectivity index (χ1v) is 6.20. The third kappa shape index (κ3) is 2.07. The van der Waals surface area contributed by atoms with Gasteiger partial charge in [0.25, 0.3) is 0 Å². The molecule has 5 heteroatoms. The van der Waals surface area contributed by atoms with Crippen molar-refractivity contribution in [3.63, 3.8) is 0 Å². The van der Waals surface area contributed by atoms with Crippen molar-refractivity contribution >= 4 is 22.3 Å². The van der Waals surface area contributed by atoms with Gasteiger partial charge in [0, 0.05) is 30.4 Å². The zero-order chi connectivity index (χ0) is 13.2. The number of nitrogens with zero attached hydrogens (tertiary/aromatic N) is 3. The van der Waals surface area contributed by atoms with Gasteiger partial charge < -0.3 is 15.4 Å². The van der Waals surface area contributed by atoms with Crippen LogP contribution in [0.25, 0.3) is 10.9 Å². The van der Waals surface area contributed by atoms with Gasteiger partial charge >= 0.3 is 0 Å². The highest BCUT2D eigenvalue weighted by Gasteiger charge is 2.13. The van der Waals surface area contributed by atoms with E-state index in [9.17, 15) is 0 Å². The van der Waals surface area contributed by atoms with Gasteiger partial charge in [-0.3, -0.25) is 4.98 Å². The molecular weight excluding hydrogens is 240 g/mol. The number of fused-ring (bicyclic) bond motifs is 1. The van der Waals surface area contributed by atoms with Crippen molar-refractivity contribution in [1.82, 2.24) is 4.98 Å². The number of nitrogens with two attached hydrogens (primary N) is 1. The van der Waals surface area contributed by atoms with Gasteiger partial charge in [-0.25, -0.2) is 0 Å². The lowest BCUT2D eigenvalue weighted by Crippen LogP contribution is -2.36. The van der Waals surface area contributed by atoms with Crippen LogP contribution in [0, 0.1) is 11.3 Å². The summed E-state index contributed by atoms with van der Waals surface area (Å²) in [6, 6.07) is 8.05. The van der Waals surface area contributed by atoms with Crippen LogP contribution in [0.3, 0.4) is 0 Å². The van der Waals surface area contributed by atoms with E-state index >= 15 is 0 Å². The molecule has 0 radical (unpaired) electrons. The summed E-state index contributed by atoms with van der Waals surface area (Å²) in [5.41, 5.74) is 8.86. The molecule has 0 spiro atoms. The van der Waals surface area contributed by atoms with Gasteiger partial charge in [-0.1, -0.05) is 0 Å². The van der Waals surface area contributed by atoms with E-state index in [4.69, 9.17) is 15.7 Å². The van der Waals surface area contributed by atoms with E-state index in [0.717, 1.165) is 42.9 Å². The monoisotopic (exact) mass is 254 g/mol. The largest absolute Gasteiger partial charge is 0.397 e. The second kappa shape index (κ2) is 4.75. The van der Waals surface area contributed by atoms with Crippen molar-refractivity contribution in [2.24, 2.45) is 0 Å². The number of anilines is 2. The predicted octanol–water partition coefficient (Wildman–Crippen LogP) is 1.53. The van der Waals surface area contributed by atoms with Crippen LogP contribution in [-0.4, -0.2) is 31.3 Å². The molecule has 2 heterocycles. The van der Waals surface area contributed by atoms with Gasteiger partial charge in [0.05, 0.1) is 30.0 Å². The average Bonchev–Trinajstić information content (AvgIpc) is 2.48. The lowest BCUT2D eigenvalue weighted by Gasteiger charge is -2.29. The molecule has 0 amide bonds. The van der Waals surface area contributed by atoms with E-state index in [1.807, 2.05) is 18.2 Å². The van der Waals surface area contributed by atoms with Gasteiger partial charge in [0.1, 0.15) is 6.07 Å². The zero-order valence-electron chi connectivity index (χ0n) is 10.5. The highest BCUT2D eigenvalue weighted by Crippen LogP contribution is 2.27. The smallest absolute Gasteiger partial charge is 0.103 e. The summed E-state index contributed by atoms with van der Waals surface area (Å²) in [7, 11) is 0. The molecule has 1 aliphatic rings. The van der Waals surface area contributed by atoms with Gasteiger partial charge in [0.2, 0.25) is 0 Å². The zero-order valence-corrected chi connectivity index (χ0v) is 10.5.